The van der Waals surface area contributed by atoms with Crippen LogP contribution in [0.15, 0.2) is 65.7 Å². The molecule has 1 aliphatic rings. The van der Waals surface area contributed by atoms with Gasteiger partial charge in [0.15, 0.2) is 5.82 Å². The molecule has 0 aliphatic carbocycles. The normalized spacial score (nSPS) is 14.6. The van der Waals surface area contributed by atoms with Crippen molar-refractivity contribution in [3.8, 4) is 16.9 Å². The number of carboxylic acids is 1. The molecule has 2 heterocycles. The molecule has 1 aliphatic heterocycles. The van der Waals surface area contributed by atoms with Crippen molar-refractivity contribution < 1.29 is 45.0 Å². The van der Waals surface area contributed by atoms with Crippen LogP contribution in [0.3, 0.4) is 0 Å². The molecule has 4 rings (SSSR count). The highest BCUT2D eigenvalue weighted by molar-refractivity contribution is 7.92. The summed E-state index contributed by atoms with van der Waals surface area (Å²) >= 11 is 0. The van der Waals surface area contributed by atoms with E-state index in [1.807, 2.05) is 9.80 Å². The van der Waals surface area contributed by atoms with Crippen LogP contribution in [-0.4, -0.2) is 75.3 Å². The first kappa shape index (κ1) is 31.9. The van der Waals surface area contributed by atoms with Crippen LogP contribution in [-0.2, 0) is 21.0 Å². The summed E-state index contributed by atoms with van der Waals surface area (Å²) in [5.74, 6) is -0.804. The number of ether oxygens (including phenoxy) is 1. The van der Waals surface area contributed by atoms with Crippen molar-refractivity contribution in [2.24, 2.45) is 0 Å². The number of hydrogen-bond acceptors (Lipinski definition) is 7. The van der Waals surface area contributed by atoms with Crippen molar-refractivity contribution in [1.29, 1.82) is 0 Å². The third kappa shape index (κ3) is 7.70. The van der Waals surface area contributed by atoms with E-state index in [-0.39, 0.29) is 30.2 Å². The second-order valence-corrected chi connectivity index (χ2v) is 11.5. The van der Waals surface area contributed by atoms with Gasteiger partial charge >= 0.3 is 18.8 Å². The van der Waals surface area contributed by atoms with Crippen molar-refractivity contribution in [3.05, 3.63) is 66.4 Å². The van der Waals surface area contributed by atoms with E-state index in [2.05, 4.69) is 9.72 Å². The zero-order valence-electron chi connectivity index (χ0n) is 23.0. The number of pyridine rings is 1. The largest absolute Gasteiger partial charge is 0.481 e. The van der Waals surface area contributed by atoms with Gasteiger partial charge in [-0.25, -0.2) is 13.4 Å². The van der Waals surface area contributed by atoms with Crippen LogP contribution in [0.5, 0.6) is 5.75 Å². The monoisotopic (exact) mass is 628 g/mol. The molecule has 0 atom stereocenters. The number of piperazine rings is 1. The van der Waals surface area contributed by atoms with Crippen LogP contribution in [0.2, 0.25) is 0 Å². The molecule has 1 N–H and O–H groups in total. The number of aromatic nitrogens is 1. The van der Waals surface area contributed by atoms with Crippen LogP contribution in [0.1, 0.15) is 18.9 Å². The molecule has 1 fully saturated rings. The summed E-state index contributed by atoms with van der Waals surface area (Å²) in [6, 6.07) is 10.7. The molecular weight excluding hydrogens is 599 g/mol. The third-order valence-corrected chi connectivity index (χ3v) is 8.74. The van der Waals surface area contributed by atoms with E-state index in [9.17, 15) is 35.2 Å². The lowest BCUT2D eigenvalue weighted by molar-refractivity contribution is -0.138. The number of sulfonamides is 1. The molecule has 0 unspecified atom stereocenters. The Bertz CT molecular complexity index is 1550. The van der Waals surface area contributed by atoms with Crippen LogP contribution < -0.4 is 13.9 Å². The highest BCUT2D eigenvalue weighted by Gasteiger charge is 2.34. The summed E-state index contributed by atoms with van der Waals surface area (Å²) in [5, 5.41) is 8.99. The molecule has 0 saturated carbocycles. The molecule has 2 aromatic carbocycles. The topological polar surface area (TPSA) is 103 Å². The minimum atomic E-state index is -4.76. The molecule has 3 aromatic rings. The quantitative estimate of drug-likeness (QED) is 0.290. The number of hydrogen-bond donors (Lipinski definition) is 1. The van der Waals surface area contributed by atoms with E-state index >= 15 is 0 Å². The van der Waals surface area contributed by atoms with E-state index in [1.54, 1.807) is 6.07 Å². The summed E-state index contributed by atoms with van der Waals surface area (Å²) in [7, 11) is -4.53. The van der Waals surface area contributed by atoms with E-state index in [0.717, 1.165) is 22.5 Å². The molecule has 1 aromatic heterocycles. The predicted octanol–water partition coefficient (Wildman–Crippen LogP) is 5.18. The number of nitrogens with zero attached hydrogens (tertiary/aromatic N) is 4. The number of carboxylic acid groups (broad SMARTS) is 1. The molecule has 0 bridgehead atoms. The lowest BCUT2D eigenvalue weighted by Gasteiger charge is -2.37. The van der Waals surface area contributed by atoms with Gasteiger partial charge in [0.1, 0.15) is 5.75 Å². The summed E-state index contributed by atoms with van der Waals surface area (Å²) in [5.41, 5.74) is -0.289. The average Bonchev–Trinajstić information content (AvgIpc) is 2.96. The van der Waals surface area contributed by atoms with Crippen LogP contribution in [0.25, 0.3) is 11.1 Å². The van der Waals surface area contributed by atoms with E-state index < -0.39 is 39.2 Å². The maximum Gasteiger partial charge on any atom is 0.416 e. The summed E-state index contributed by atoms with van der Waals surface area (Å²) in [4.78, 5) is 18.7. The second kappa shape index (κ2) is 13.1. The minimum Gasteiger partial charge on any atom is -0.481 e. The molecule has 43 heavy (non-hydrogen) atoms. The standard InChI is InChI=1S/C28H29F5N4O5S/c1-2-37(43(40,41)23-8-4-6-21(17-23)28(31,32)33)24-16-20(19-5-3-7-22(15-19)42-27(29)30)18-34-26(24)36-13-11-35(12-14-36)10-9-25(38)39/h3-8,15-18,27H,2,9-14H2,1H3,(H,38,39). The zero-order valence-corrected chi connectivity index (χ0v) is 23.8. The summed E-state index contributed by atoms with van der Waals surface area (Å²) in [6.07, 6.45) is -3.35. The van der Waals surface area contributed by atoms with Gasteiger partial charge in [0, 0.05) is 51.0 Å². The van der Waals surface area contributed by atoms with Gasteiger partial charge in [0.05, 0.1) is 22.6 Å². The zero-order chi connectivity index (χ0) is 31.4. The van der Waals surface area contributed by atoms with E-state index in [0.29, 0.717) is 49.9 Å². The third-order valence-electron chi connectivity index (χ3n) is 6.86. The first-order valence-electron chi connectivity index (χ1n) is 13.2. The Morgan fingerprint density at radius 3 is 2.37 bits per heavy atom. The molecule has 0 spiro atoms. The van der Waals surface area contributed by atoms with Gasteiger partial charge in [-0.05, 0) is 48.9 Å². The van der Waals surface area contributed by atoms with Gasteiger partial charge in [-0.15, -0.1) is 0 Å². The van der Waals surface area contributed by atoms with Crippen molar-refractivity contribution in [2.45, 2.75) is 31.0 Å². The van der Waals surface area contributed by atoms with Crippen LogP contribution in [0.4, 0.5) is 33.5 Å². The van der Waals surface area contributed by atoms with Gasteiger partial charge in [0.25, 0.3) is 10.0 Å². The van der Waals surface area contributed by atoms with Gasteiger partial charge in [-0.1, -0.05) is 18.2 Å². The van der Waals surface area contributed by atoms with Gasteiger partial charge in [-0.3, -0.25) is 14.0 Å². The second-order valence-electron chi connectivity index (χ2n) is 9.64. The number of anilines is 2. The highest BCUT2D eigenvalue weighted by atomic mass is 32.2. The Kier molecular flexibility index (Phi) is 9.75. The predicted molar refractivity (Wildman–Crippen MR) is 149 cm³/mol. The molecule has 1 saturated heterocycles. The van der Waals surface area contributed by atoms with E-state index in [1.165, 1.54) is 37.4 Å². The Morgan fingerprint density at radius 1 is 1.05 bits per heavy atom. The van der Waals surface area contributed by atoms with Crippen LogP contribution in [0, 0.1) is 0 Å². The molecule has 9 nitrogen and oxygen atoms in total. The number of halogens is 5. The molecule has 0 amide bonds. The Balaban J connectivity index is 1.78. The van der Waals surface area contributed by atoms with E-state index in [4.69, 9.17) is 5.11 Å². The SMILES string of the molecule is CCN(c1cc(-c2cccc(OC(F)F)c2)cnc1N1CCN(CCC(=O)O)CC1)S(=O)(=O)c1cccc(C(F)(F)F)c1. The fourth-order valence-corrected chi connectivity index (χ4v) is 6.26. The fraction of sp³-hybridized carbons (Fsp3) is 0.357. The van der Waals surface area contributed by atoms with Gasteiger partial charge in [-0.2, -0.15) is 22.0 Å². The molecule has 0 radical (unpaired) electrons. The minimum absolute atomic E-state index is 0.0363. The number of carbonyl (C=O) groups is 1. The Morgan fingerprint density at radius 2 is 1.74 bits per heavy atom. The first-order chi connectivity index (χ1) is 20.3. The number of aliphatic carboxylic acids is 1. The van der Waals surface area contributed by atoms with Crippen LogP contribution >= 0.6 is 0 Å². The Hall–Kier alpha value is -3.98. The lowest BCUT2D eigenvalue weighted by atomic mass is 10.1. The molecular formula is C28H29F5N4O5S. The summed E-state index contributed by atoms with van der Waals surface area (Å²) < 4.78 is 99.1. The maximum absolute atomic E-state index is 13.8. The lowest BCUT2D eigenvalue weighted by Crippen LogP contribution is -2.47. The van der Waals surface area contributed by atoms with Gasteiger partial charge < -0.3 is 14.7 Å². The summed E-state index contributed by atoms with van der Waals surface area (Å²) in [6.45, 7) is 0.325. The number of rotatable bonds is 11. The first-order valence-corrected chi connectivity index (χ1v) is 14.7. The van der Waals surface area contributed by atoms with Crippen molar-refractivity contribution in [3.63, 3.8) is 0 Å². The smallest absolute Gasteiger partial charge is 0.416 e. The maximum atomic E-state index is 13.8. The fourth-order valence-electron chi connectivity index (χ4n) is 4.75. The van der Waals surface area contributed by atoms with Crippen molar-refractivity contribution >= 4 is 27.5 Å². The van der Waals surface area contributed by atoms with Gasteiger partial charge in [0.2, 0.25) is 0 Å². The highest BCUT2D eigenvalue weighted by Crippen LogP contribution is 2.37. The number of benzene rings is 2. The Labute approximate surface area is 245 Å². The number of alkyl halides is 5. The average molecular weight is 629 g/mol. The van der Waals surface area contributed by atoms with Crippen molar-refractivity contribution in [2.75, 3.05) is 48.5 Å². The molecule has 232 valence electrons. The van der Waals surface area contributed by atoms with Crippen molar-refractivity contribution in [1.82, 2.24) is 9.88 Å². The molecule has 15 heteroatoms.